The van der Waals surface area contributed by atoms with Crippen molar-refractivity contribution in [3.63, 3.8) is 0 Å². The zero-order chi connectivity index (χ0) is 24.1. The molecule has 3 N–H and O–H groups in total. The predicted octanol–water partition coefficient (Wildman–Crippen LogP) is -0.778. The molecule has 5 atom stereocenters. The van der Waals surface area contributed by atoms with Crippen LogP contribution in [0.2, 0.25) is 0 Å². The Morgan fingerprint density at radius 2 is 2.03 bits per heavy atom. The maximum absolute atomic E-state index is 13.6. The summed E-state index contributed by atoms with van der Waals surface area (Å²) >= 11 is 0. The Balaban J connectivity index is 1.35. The average molecular weight is 503 g/mol. The number of urea groups is 1. The molecule has 11 nitrogen and oxygen atoms in total. The number of nitrogens with one attached hydrogen (secondary N) is 3. The van der Waals surface area contributed by atoms with Gasteiger partial charge in [-0.1, -0.05) is 0 Å². The van der Waals surface area contributed by atoms with Crippen LogP contribution in [0.4, 0.5) is 9.18 Å². The number of sulfonamides is 1. The van der Waals surface area contributed by atoms with E-state index in [1.54, 1.807) is 4.90 Å². The van der Waals surface area contributed by atoms with Crippen LogP contribution in [-0.2, 0) is 19.6 Å². The Kier molecular flexibility index (Phi) is 6.61. The summed E-state index contributed by atoms with van der Waals surface area (Å²) in [6.45, 7) is 2.28. The Labute approximate surface area is 199 Å². The molecular weight excluding hydrogens is 467 g/mol. The molecule has 2 aliphatic carbocycles. The number of alkyl halides is 1. The number of halogens is 1. The minimum Gasteiger partial charge on any atom is -0.365 e. The summed E-state index contributed by atoms with van der Waals surface area (Å²) in [5.41, 5.74) is 2.24. The molecule has 34 heavy (non-hydrogen) atoms. The van der Waals surface area contributed by atoms with E-state index in [0.29, 0.717) is 58.7 Å². The number of carbonyl (C=O) groups is 2. The summed E-state index contributed by atoms with van der Waals surface area (Å²) in [5, 5.41) is 4.39. The standard InChI is InChI=1S/C21H35FN6O5S/c1-26-8-14(7-24-26)9-28-19(29)17-6-16(34(31,32)25-21(12-22)4-5-21)2-3-18(17)27(20(28)30)10-15-11-33-13-23-15/h14-18,23-25H,2-13H2,1H3. The van der Waals surface area contributed by atoms with Gasteiger partial charge in [-0.05, 0) is 32.1 Å². The van der Waals surface area contributed by atoms with Crippen molar-refractivity contribution in [1.29, 1.82) is 0 Å². The monoisotopic (exact) mass is 502 g/mol. The number of fused-ring (bicyclic) bond motifs is 1. The lowest BCUT2D eigenvalue weighted by atomic mass is 9.80. The van der Waals surface area contributed by atoms with Crippen molar-refractivity contribution in [3.8, 4) is 0 Å². The molecule has 0 aromatic carbocycles. The second kappa shape index (κ2) is 9.25. The lowest BCUT2D eigenvalue weighted by molar-refractivity contribution is -0.141. The van der Waals surface area contributed by atoms with Crippen LogP contribution in [0.1, 0.15) is 32.1 Å². The largest absolute Gasteiger partial charge is 0.365 e. The van der Waals surface area contributed by atoms with Crippen molar-refractivity contribution in [1.82, 2.24) is 30.3 Å². The third kappa shape index (κ3) is 4.70. The van der Waals surface area contributed by atoms with E-state index in [9.17, 15) is 22.4 Å². The number of hydrogen-bond donors (Lipinski definition) is 3. The number of carbonyl (C=O) groups excluding carboxylic acids is 2. The van der Waals surface area contributed by atoms with Gasteiger partial charge in [-0.25, -0.2) is 27.3 Å². The molecule has 3 aliphatic heterocycles. The van der Waals surface area contributed by atoms with Crippen molar-refractivity contribution in [3.05, 3.63) is 0 Å². The van der Waals surface area contributed by atoms with Gasteiger partial charge in [-0.2, -0.15) is 0 Å². The second-order valence-electron chi connectivity index (χ2n) is 10.6. The van der Waals surface area contributed by atoms with Gasteiger partial charge in [0.25, 0.3) is 0 Å². The maximum Gasteiger partial charge on any atom is 0.327 e. The van der Waals surface area contributed by atoms with Crippen LogP contribution in [0.15, 0.2) is 0 Å². The molecule has 5 aliphatic rings. The SMILES string of the molecule is CN1CC(CN2C(=O)C3CC(S(=O)(=O)NC4(CF)CC4)CCC3N(CC3COCN3)C2=O)CN1. The highest BCUT2D eigenvalue weighted by Crippen LogP contribution is 2.41. The zero-order valence-corrected chi connectivity index (χ0v) is 20.4. The van der Waals surface area contributed by atoms with Crippen LogP contribution in [-0.4, -0.2) is 111 Å². The van der Waals surface area contributed by atoms with Crippen molar-refractivity contribution in [2.45, 2.75) is 55.0 Å². The molecule has 0 radical (unpaired) electrons. The number of hydrazine groups is 1. The lowest BCUT2D eigenvalue weighted by Gasteiger charge is -2.49. The number of nitrogens with zero attached hydrogens (tertiary/aromatic N) is 3. The van der Waals surface area contributed by atoms with Crippen molar-refractivity contribution in [2.75, 3.05) is 53.2 Å². The fourth-order valence-corrected chi connectivity index (χ4v) is 7.72. The molecule has 5 fully saturated rings. The van der Waals surface area contributed by atoms with E-state index in [2.05, 4.69) is 15.5 Å². The second-order valence-corrected chi connectivity index (χ2v) is 12.5. The van der Waals surface area contributed by atoms with Crippen LogP contribution in [0.3, 0.4) is 0 Å². The van der Waals surface area contributed by atoms with Gasteiger partial charge in [-0.3, -0.25) is 20.4 Å². The summed E-state index contributed by atoms with van der Waals surface area (Å²) in [7, 11) is -1.86. The van der Waals surface area contributed by atoms with Crippen LogP contribution in [0.25, 0.3) is 0 Å². The van der Waals surface area contributed by atoms with Crippen LogP contribution < -0.4 is 15.5 Å². The number of ether oxygens (including phenoxy) is 1. The van der Waals surface area contributed by atoms with Gasteiger partial charge in [-0.15, -0.1) is 0 Å². The van der Waals surface area contributed by atoms with E-state index < -0.39 is 33.4 Å². The third-order valence-corrected chi connectivity index (χ3v) is 9.99. The quantitative estimate of drug-likeness (QED) is 0.395. The number of rotatable bonds is 8. The molecule has 0 bridgehead atoms. The maximum atomic E-state index is 13.6. The molecule has 0 spiro atoms. The first-order chi connectivity index (χ1) is 16.2. The first kappa shape index (κ1) is 24.3. The Morgan fingerprint density at radius 3 is 2.65 bits per heavy atom. The highest BCUT2D eigenvalue weighted by molar-refractivity contribution is 7.90. The molecular formula is C21H35FN6O5S. The highest BCUT2D eigenvalue weighted by atomic mass is 32.2. The molecule has 192 valence electrons. The zero-order valence-electron chi connectivity index (χ0n) is 19.5. The van der Waals surface area contributed by atoms with Gasteiger partial charge in [0.2, 0.25) is 15.9 Å². The van der Waals surface area contributed by atoms with Gasteiger partial charge in [0.05, 0.1) is 36.1 Å². The van der Waals surface area contributed by atoms with Crippen LogP contribution in [0, 0.1) is 11.8 Å². The summed E-state index contributed by atoms with van der Waals surface area (Å²) in [6.07, 6.45) is 1.89. The first-order valence-corrected chi connectivity index (χ1v) is 13.7. The number of hydrogen-bond acceptors (Lipinski definition) is 8. The van der Waals surface area contributed by atoms with E-state index in [0.717, 1.165) is 6.54 Å². The molecule has 3 heterocycles. The van der Waals surface area contributed by atoms with E-state index >= 15 is 0 Å². The topological polar surface area (TPSA) is 123 Å². The highest BCUT2D eigenvalue weighted by Gasteiger charge is 2.53. The molecule has 3 saturated heterocycles. The molecule has 2 saturated carbocycles. The minimum absolute atomic E-state index is 0.0265. The Bertz CT molecular complexity index is 911. The number of imide groups is 1. The fraction of sp³-hybridized carbons (Fsp3) is 0.905. The van der Waals surface area contributed by atoms with E-state index in [-0.39, 0.29) is 36.4 Å². The predicted molar refractivity (Wildman–Crippen MR) is 121 cm³/mol. The van der Waals surface area contributed by atoms with E-state index in [1.165, 1.54) is 4.90 Å². The summed E-state index contributed by atoms with van der Waals surface area (Å²) in [5.74, 6) is -0.778. The molecule has 5 rings (SSSR count). The molecule has 5 unspecified atom stereocenters. The first-order valence-electron chi connectivity index (χ1n) is 12.2. The third-order valence-electron chi connectivity index (χ3n) is 7.97. The van der Waals surface area contributed by atoms with Gasteiger partial charge in [0.1, 0.15) is 6.67 Å². The Hall–Kier alpha value is -1.38. The molecule has 3 amide bonds. The van der Waals surface area contributed by atoms with Gasteiger partial charge in [0.15, 0.2) is 0 Å². The van der Waals surface area contributed by atoms with Crippen molar-refractivity contribution < 1.29 is 27.1 Å². The average Bonchev–Trinajstić information content (AvgIpc) is 3.17. The Morgan fingerprint density at radius 1 is 1.24 bits per heavy atom. The van der Waals surface area contributed by atoms with Crippen LogP contribution in [0.5, 0.6) is 0 Å². The fourth-order valence-electron chi connectivity index (χ4n) is 5.78. The van der Waals surface area contributed by atoms with Gasteiger partial charge in [0, 0.05) is 45.2 Å². The van der Waals surface area contributed by atoms with Crippen molar-refractivity contribution >= 4 is 22.0 Å². The summed E-state index contributed by atoms with van der Waals surface area (Å²) < 4.78 is 47.5. The minimum atomic E-state index is -3.78. The summed E-state index contributed by atoms with van der Waals surface area (Å²) in [4.78, 5) is 30.2. The van der Waals surface area contributed by atoms with Gasteiger partial charge >= 0.3 is 6.03 Å². The number of amides is 3. The van der Waals surface area contributed by atoms with E-state index in [4.69, 9.17) is 4.74 Å². The smallest absolute Gasteiger partial charge is 0.327 e. The van der Waals surface area contributed by atoms with Crippen molar-refractivity contribution in [2.24, 2.45) is 11.8 Å². The van der Waals surface area contributed by atoms with E-state index in [1.807, 2.05) is 12.1 Å². The van der Waals surface area contributed by atoms with Crippen LogP contribution >= 0.6 is 0 Å². The molecule has 0 aromatic heterocycles. The van der Waals surface area contributed by atoms with Gasteiger partial charge < -0.3 is 9.64 Å². The molecule has 0 aromatic rings. The summed E-state index contributed by atoms with van der Waals surface area (Å²) in [6, 6.07) is -0.671. The lowest BCUT2D eigenvalue weighted by Crippen LogP contribution is -2.66. The normalized spacial score (nSPS) is 36.2. The molecule has 13 heteroatoms.